The van der Waals surface area contributed by atoms with Crippen LogP contribution in [0.4, 0.5) is 5.13 Å². The van der Waals surface area contributed by atoms with Crippen LogP contribution in [-0.4, -0.2) is 28.9 Å². The number of fused-ring (bicyclic) bond motifs is 1. The lowest BCUT2D eigenvalue weighted by atomic mass is 9.95. The van der Waals surface area contributed by atoms with Crippen molar-refractivity contribution in [3.05, 3.63) is 87.2 Å². The number of anilines is 1. The number of aliphatic hydroxyl groups excluding tert-OH is 1. The van der Waals surface area contributed by atoms with Crippen molar-refractivity contribution in [3.63, 3.8) is 0 Å². The van der Waals surface area contributed by atoms with Crippen LogP contribution in [0.1, 0.15) is 22.2 Å². The summed E-state index contributed by atoms with van der Waals surface area (Å²) in [4.78, 5) is 32.2. The molecule has 0 fully saturated rings. The summed E-state index contributed by atoms with van der Waals surface area (Å²) in [5.41, 5.74) is 1.00. The molecule has 0 saturated carbocycles. The number of carbonyl (C=O) groups excluding carboxylic acids is 2. The molecule has 0 bridgehead atoms. The molecule has 1 aliphatic rings. The number of ketones is 1. The van der Waals surface area contributed by atoms with Gasteiger partial charge < -0.3 is 14.3 Å². The summed E-state index contributed by atoms with van der Waals surface area (Å²) in [5.74, 6) is -1.41. The van der Waals surface area contributed by atoms with Gasteiger partial charge in [-0.3, -0.25) is 14.5 Å². The maximum atomic E-state index is 13.6. The molecule has 0 aliphatic carbocycles. The van der Waals surface area contributed by atoms with Gasteiger partial charge in [0, 0.05) is 21.4 Å². The van der Waals surface area contributed by atoms with Gasteiger partial charge in [-0.2, -0.15) is 0 Å². The van der Waals surface area contributed by atoms with Crippen molar-refractivity contribution in [3.8, 4) is 5.75 Å². The third-order valence-electron chi connectivity index (χ3n) is 5.22. The highest BCUT2D eigenvalue weighted by atomic mass is 79.9. The fourth-order valence-corrected chi connectivity index (χ4v) is 4.70. The zero-order valence-corrected chi connectivity index (χ0v) is 19.0. The fourth-order valence-electron chi connectivity index (χ4n) is 3.77. The summed E-state index contributed by atoms with van der Waals surface area (Å²) in [7, 11) is 1.51. The maximum Gasteiger partial charge on any atom is 0.296 e. The van der Waals surface area contributed by atoms with E-state index < -0.39 is 23.5 Å². The summed E-state index contributed by atoms with van der Waals surface area (Å²) in [5, 5.41) is 13.6. The number of rotatable bonds is 5. The van der Waals surface area contributed by atoms with E-state index in [0.29, 0.717) is 27.4 Å². The van der Waals surface area contributed by atoms with Crippen LogP contribution >= 0.6 is 27.3 Å². The molecule has 7 nitrogen and oxygen atoms in total. The number of halogens is 1. The molecule has 3 heterocycles. The first-order valence-electron chi connectivity index (χ1n) is 9.52. The van der Waals surface area contributed by atoms with Crippen LogP contribution in [0.25, 0.3) is 11.0 Å². The van der Waals surface area contributed by atoms with Crippen molar-refractivity contribution in [2.24, 2.45) is 0 Å². The number of ether oxygens (including phenoxy) is 1. The Morgan fingerprint density at radius 2 is 2.03 bits per heavy atom. The SMILES string of the molecule is COc1cccc2cc(C(=O)C3=C(O)C(=O)N(c4nccs4)C3c3ccc(Br)cc3)oc12. The number of thiazole rings is 1. The summed E-state index contributed by atoms with van der Waals surface area (Å²) >= 11 is 4.64. The molecule has 2 aromatic heterocycles. The lowest BCUT2D eigenvalue weighted by Gasteiger charge is -2.24. The van der Waals surface area contributed by atoms with Gasteiger partial charge in [0.25, 0.3) is 5.91 Å². The molecular formula is C23H15BrN2O5S. The van der Waals surface area contributed by atoms with Gasteiger partial charge >= 0.3 is 0 Å². The molecule has 2 aromatic carbocycles. The Balaban J connectivity index is 1.66. The van der Waals surface area contributed by atoms with Gasteiger partial charge in [-0.05, 0) is 29.8 Å². The highest BCUT2D eigenvalue weighted by Gasteiger charge is 2.46. The molecule has 1 N–H and O–H groups in total. The van der Waals surface area contributed by atoms with Crippen LogP contribution in [0.5, 0.6) is 5.75 Å². The van der Waals surface area contributed by atoms with Crippen molar-refractivity contribution in [1.82, 2.24) is 4.98 Å². The van der Waals surface area contributed by atoms with E-state index in [1.165, 1.54) is 23.3 Å². The highest BCUT2D eigenvalue weighted by Crippen LogP contribution is 2.43. The van der Waals surface area contributed by atoms with Crippen molar-refractivity contribution in [1.29, 1.82) is 0 Å². The number of methoxy groups -OCH3 is 1. The predicted octanol–water partition coefficient (Wildman–Crippen LogP) is 5.44. The number of aliphatic hydroxyl groups is 1. The highest BCUT2D eigenvalue weighted by molar-refractivity contribution is 9.10. The third kappa shape index (κ3) is 3.21. The topological polar surface area (TPSA) is 92.9 Å². The van der Waals surface area contributed by atoms with Gasteiger partial charge in [-0.15, -0.1) is 11.3 Å². The van der Waals surface area contributed by atoms with E-state index in [-0.39, 0.29) is 11.3 Å². The second-order valence-electron chi connectivity index (χ2n) is 7.02. The maximum absolute atomic E-state index is 13.6. The summed E-state index contributed by atoms with van der Waals surface area (Å²) in [6.45, 7) is 0. The molecule has 9 heteroatoms. The number of Topliss-reactive ketones (excluding diaryl/α,β-unsaturated/α-hetero) is 1. The average molecular weight is 511 g/mol. The summed E-state index contributed by atoms with van der Waals surface area (Å²) < 4.78 is 12.0. The van der Waals surface area contributed by atoms with Gasteiger partial charge in [0.15, 0.2) is 28.0 Å². The van der Waals surface area contributed by atoms with Crippen LogP contribution in [-0.2, 0) is 4.79 Å². The molecule has 1 aliphatic heterocycles. The van der Waals surface area contributed by atoms with Crippen LogP contribution < -0.4 is 9.64 Å². The first kappa shape index (κ1) is 20.5. The van der Waals surface area contributed by atoms with Crippen LogP contribution in [0.3, 0.4) is 0 Å². The van der Waals surface area contributed by atoms with Gasteiger partial charge in [0.1, 0.15) is 0 Å². The third-order valence-corrected chi connectivity index (χ3v) is 6.51. The van der Waals surface area contributed by atoms with Crippen LogP contribution in [0.2, 0.25) is 0 Å². The molecular weight excluding hydrogens is 496 g/mol. The Morgan fingerprint density at radius 3 is 2.72 bits per heavy atom. The number of nitrogens with zero attached hydrogens (tertiary/aromatic N) is 2. The molecule has 32 heavy (non-hydrogen) atoms. The van der Waals surface area contributed by atoms with Crippen molar-refractivity contribution in [2.75, 3.05) is 12.0 Å². The number of hydrogen-bond acceptors (Lipinski definition) is 7. The fraction of sp³-hybridized carbons (Fsp3) is 0.0870. The minimum atomic E-state index is -0.857. The van der Waals surface area contributed by atoms with Crippen LogP contribution in [0.15, 0.2) is 80.3 Å². The minimum absolute atomic E-state index is 0.00181. The smallest absolute Gasteiger partial charge is 0.296 e. The Morgan fingerprint density at radius 1 is 1.25 bits per heavy atom. The number of amides is 1. The van der Waals surface area contributed by atoms with E-state index in [1.54, 1.807) is 48.0 Å². The average Bonchev–Trinajstić information content (AvgIpc) is 3.53. The monoisotopic (exact) mass is 510 g/mol. The number of furan rings is 1. The molecule has 0 saturated heterocycles. The predicted molar refractivity (Wildman–Crippen MR) is 123 cm³/mol. The second kappa shape index (κ2) is 7.92. The van der Waals surface area contributed by atoms with Crippen molar-refractivity contribution >= 4 is 55.1 Å². The summed E-state index contributed by atoms with van der Waals surface area (Å²) in [6, 6.07) is 13.2. The molecule has 1 atom stereocenters. The summed E-state index contributed by atoms with van der Waals surface area (Å²) in [6.07, 6.45) is 1.56. The van der Waals surface area contributed by atoms with Crippen molar-refractivity contribution in [2.45, 2.75) is 6.04 Å². The first-order valence-corrected chi connectivity index (χ1v) is 11.2. The zero-order valence-electron chi connectivity index (χ0n) is 16.6. The molecule has 5 rings (SSSR count). The zero-order chi connectivity index (χ0) is 22.4. The lowest BCUT2D eigenvalue weighted by Crippen LogP contribution is -2.30. The Kier molecular flexibility index (Phi) is 5.07. The number of para-hydroxylation sites is 1. The van der Waals surface area contributed by atoms with E-state index >= 15 is 0 Å². The van der Waals surface area contributed by atoms with E-state index in [9.17, 15) is 14.7 Å². The van der Waals surface area contributed by atoms with E-state index in [4.69, 9.17) is 9.15 Å². The minimum Gasteiger partial charge on any atom is -0.503 e. The Labute approximate surface area is 194 Å². The number of aromatic nitrogens is 1. The van der Waals surface area contributed by atoms with Crippen LogP contribution in [0, 0.1) is 0 Å². The first-order chi connectivity index (χ1) is 15.5. The lowest BCUT2D eigenvalue weighted by molar-refractivity contribution is -0.117. The molecule has 1 amide bonds. The largest absolute Gasteiger partial charge is 0.503 e. The number of hydrogen-bond donors (Lipinski definition) is 1. The van der Waals surface area contributed by atoms with Gasteiger partial charge in [-0.25, -0.2) is 4.98 Å². The standard InChI is InChI=1S/C23H15BrN2O5S/c1-30-15-4-2-3-13-11-16(31-21(13)15)19(27)17-18(12-5-7-14(24)8-6-12)26(22(29)20(17)28)23-25-9-10-32-23/h2-11,18,28H,1H3. The second-order valence-corrected chi connectivity index (χ2v) is 8.81. The molecule has 160 valence electrons. The normalized spacial score (nSPS) is 16.2. The molecule has 1 unspecified atom stereocenters. The van der Waals surface area contributed by atoms with E-state index in [2.05, 4.69) is 20.9 Å². The van der Waals surface area contributed by atoms with Gasteiger partial charge in [0.2, 0.25) is 5.78 Å². The van der Waals surface area contributed by atoms with Crippen molar-refractivity contribution < 1.29 is 23.8 Å². The molecule has 0 spiro atoms. The van der Waals surface area contributed by atoms with Gasteiger partial charge in [-0.1, -0.05) is 40.2 Å². The molecule has 0 radical (unpaired) electrons. The van der Waals surface area contributed by atoms with E-state index in [1.807, 2.05) is 12.1 Å². The van der Waals surface area contributed by atoms with Gasteiger partial charge in [0.05, 0.1) is 18.7 Å². The quantitative estimate of drug-likeness (QED) is 0.359. The van der Waals surface area contributed by atoms with E-state index in [0.717, 1.165) is 4.47 Å². The molecule has 4 aromatic rings. The number of carbonyl (C=O) groups is 2. The number of benzene rings is 2. The Hall–Kier alpha value is -3.43. The Bertz CT molecular complexity index is 1380.